The average molecular weight is 426 g/mol. The molecule has 0 radical (unpaired) electrons. The number of hydrogen-bond donors (Lipinski definition) is 2. The van der Waals surface area contributed by atoms with Crippen molar-refractivity contribution in [2.45, 2.75) is 55.9 Å². The van der Waals surface area contributed by atoms with Gasteiger partial charge in [-0.1, -0.05) is 6.07 Å². The molecule has 1 amide bonds. The van der Waals surface area contributed by atoms with Crippen LogP contribution in [0.1, 0.15) is 37.2 Å². The highest BCUT2D eigenvalue weighted by atomic mass is 19.1. The highest BCUT2D eigenvalue weighted by Crippen LogP contribution is 2.36. The number of hydrogen-bond acceptors (Lipinski definition) is 6. The summed E-state index contributed by atoms with van der Waals surface area (Å²) >= 11 is 0. The van der Waals surface area contributed by atoms with Crippen LogP contribution in [-0.2, 0) is 4.79 Å². The molecule has 3 aliphatic heterocycles. The van der Waals surface area contributed by atoms with Crippen LogP contribution in [0.15, 0.2) is 30.6 Å². The Morgan fingerprint density at radius 2 is 2.10 bits per heavy atom. The third kappa shape index (κ3) is 3.63. The van der Waals surface area contributed by atoms with E-state index >= 15 is 0 Å². The molecular weight excluding hydrogens is 397 g/mol. The SMILES string of the molecule is CN1C[C@H](c2ccc(-c3cnc(N(C)[C@H]4CC5CCC(N5)[C@H]4F)cn3)c(O)c2)CC1=O. The largest absolute Gasteiger partial charge is 0.507 e. The first-order chi connectivity index (χ1) is 14.9. The molecule has 31 heavy (non-hydrogen) atoms. The first-order valence-electron chi connectivity index (χ1n) is 10.9. The van der Waals surface area contributed by atoms with Crippen molar-refractivity contribution in [3.8, 4) is 17.0 Å². The maximum Gasteiger partial charge on any atom is 0.223 e. The number of piperidine rings is 1. The molecule has 3 saturated heterocycles. The van der Waals surface area contributed by atoms with Gasteiger partial charge in [-0.3, -0.25) is 9.78 Å². The molecule has 0 aliphatic carbocycles. The fraction of sp³-hybridized carbons (Fsp3) is 0.522. The molecule has 7 nitrogen and oxygen atoms in total. The zero-order chi connectivity index (χ0) is 21.7. The van der Waals surface area contributed by atoms with Gasteiger partial charge in [0.15, 0.2) is 0 Å². The third-order valence-corrected chi connectivity index (χ3v) is 7.16. The Balaban J connectivity index is 1.32. The van der Waals surface area contributed by atoms with Crippen LogP contribution < -0.4 is 10.2 Å². The zero-order valence-corrected chi connectivity index (χ0v) is 17.8. The molecule has 2 N–H and O–H groups in total. The number of benzene rings is 1. The lowest BCUT2D eigenvalue weighted by atomic mass is 9.96. The number of nitrogens with one attached hydrogen (secondary N) is 1. The van der Waals surface area contributed by atoms with E-state index in [2.05, 4.69) is 15.3 Å². The summed E-state index contributed by atoms with van der Waals surface area (Å²) in [7, 11) is 3.67. The monoisotopic (exact) mass is 425 g/mol. The summed E-state index contributed by atoms with van der Waals surface area (Å²) in [5.41, 5.74) is 2.09. The van der Waals surface area contributed by atoms with Crippen LogP contribution in [0.2, 0.25) is 0 Å². The fourth-order valence-corrected chi connectivity index (χ4v) is 5.27. The predicted octanol–water partition coefficient (Wildman–Crippen LogP) is 2.46. The number of amides is 1. The number of carbonyl (C=O) groups is 1. The van der Waals surface area contributed by atoms with Crippen LogP contribution in [0.25, 0.3) is 11.3 Å². The Bertz CT molecular complexity index is 984. The van der Waals surface area contributed by atoms with Crippen molar-refractivity contribution < 1.29 is 14.3 Å². The van der Waals surface area contributed by atoms with Gasteiger partial charge in [0.2, 0.25) is 5.91 Å². The minimum atomic E-state index is -0.927. The van der Waals surface area contributed by atoms with Gasteiger partial charge >= 0.3 is 0 Å². The maximum absolute atomic E-state index is 14.9. The highest BCUT2D eigenvalue weighted by Gasteiger charge is 2.43. The number of halogens is 1. The van der Waals surface area contributed by atoms with Gasteiger partial charge in [0.05, 0.1) is 24.1 Å². The van der Waals surface area contributed by atoms with Crippen LogP contribution >= 0.6 is 0 Å². The lowest BCUT2D eigenvalue weighted by Gasteiger charge is -2.38. The van der Waals surface area contributed by atoms with Gasteiger partial charge in [0, 0.05) is 50.6 Å². The Kier molecular flexibility index (Phi) is 5.04. The van der Waals surface area contributed by atoms with Crippen molar-refractivity contribution in [1.82, 2.24) is 20.2 Å². The van der Waals surface area contributed by atoms with Crippen LogP contribution in [-0.4, -0.2) is 70.8 Å². The van der Waals surface area contributed by atoms with Crippen LogP contribution in [0, 0.1) is 0 Å². The van der Waals surface area contributed by atoms with Crippen molar-refractivity contribution in [3.05, 3.63) is 36.2 Å². The molecule has 0 saturated carbocycles. The zero-order valence-electron chi connectivity index (χ0n) is 17.8. The van der Waals surface area contributed by atoms with Crippen LogP contribution in [0.5, 0.6) is 5.75 Å². The van der Waals surface area contributed by atoms with E-state index in [-0.39, 0.29) is 29.7 Å². The van der Waals surface area contributed by atoms with E-state index < -0.39 is 6.17 Å². The summed E-state index contributed by atoms with van der Waals surface area (Å²) < 4.78 is 14.9. The number of aromatic hydroxyl groups is 1. The number of carbonyl (C=O) groups excluding carboxylic acids is 1. The number of likely N-dealkylation sites (N-methyl/N-ethyl adjacent to an activating group) is 1. The number of phenols is 1. The molecule has 8 heteroatoms. The molecule has 4 heterocycles. The van der Waals surface area contributed by atoms with E-state index in [0.29, 0.717) is 36.1 Å². The van der Waals surface area contributed by atoms with Crippen molar-refractivity contribution >= 4 is 11.7 Å². The van der Waals surface area contributed by atoms with Crippen molar-refractivity contribution in [3.63, 3.8) is 0 Å². The molecule has 0 spiro atoms. The quantitative estimate of drug-likeness (QED) is 0.783. The van der Waals surface area contributed by atoms with Gasteiger partial charge in [-0.2, -0.15) is 0 Å². The van der Waals surface area contributed by atoms with E-state index in [0.717, 1.165) is 24.8 Å². The number of anilines is 1. The van der Waals surface area contributed by atoms with Gasteiger partial charge in [-0.15, -0.1) is 0 Å². The van der Waals surface area contributed by atoms with Crippen LogP contribution in [0.4, 0.5) is 10.2 Å². The predicted molar refractivity (Wildman–Crippen MR) is 116 cm³/mol. The Morgan fingerprint density at radius 1 is 1.26 bits per heavy atom. The first kappa shape index (κ1) is 20.2. The number of rotatable bonds is 4. The normalized spacial score (nSPS) is 30.1. The number of phenolic OH excluding ortho intramolecular Hbond substituents is 1. The van der Waals surface area contributed by atoms with E-state index in [1.165, 1.54) is 0 Å². The minimum absolute atomic E-state index is 0.0659. The Hall–Kier alpha value is -2.74. The Morgan fingerprint density at radius 3 is 2.77 bits per heavy atom. The molecule has 1 aromatic carbocycles. The summed E-state index contributed by atoms with van der Waals surface area (Å²) in [5, 5.41) is 13.9. The first-order valence-corrected chi connectivity index (χ1v) is 10.9. The molecule has 2 unspecified atom stereocenters. The molecule has 3 fully saturated rings. The highest BCUT2D eigenvalue weighted by molar-refractivity contribution is 5.79. The standard InChI is InChI=1S/C23H28FN5O2/c1-28-12-14(8-22(28)31)13-3-5-16(20(30)7-13)18-10-26-21(11-25-18)29(2)19-9-15-4-6-17(27-15)23(19)24/h3,5,7,10-11,14-15,17,19,23,27,30H,4,6,8-9,12H2,1-2H3/t14-,15?,17?,19+,23-/m1/s1. The summed E-state index contributed by atoms with van der Waals surface area (Å²) in [4.78, 5) is 24.4. The van der Waals surface area contributed by atoms with Gasteiger partial charge in [-0.25, -0.2) is 9.37 Å². The van der Waals surface area contributed by atoms with E-state index in [4.69, 9.17) is 0 Å². The van der Waals surface area contributed by atoms with Gasteiger partial charge in [0.25, 0.3) is 0 Å². The molecule has 1 aromatic heterocycles. The second-order valence-electron chi connectivity index (χ2n) is 9.12. The summed E-state index contributed by atoms with van der Waals surface area (Å²) in [6, 6.07) is 5.58. The summed E-state index contributed by atoms with van der Waals surface area (Å²) in [6.07, 6.45) is 5.48. The van der Waals surface area contributed by atoms with E-state index in [1.807, 2.05) is 24.1 Å². The average Bonchev–Trinajstić information content (AvgIpc) is 3.34. The second kappa shape index (κ2) is 7.75. The van der Waals surface area contributed by atoms with E-state index in [1.54, 1.807) is 30.4 Å². The number of fused-ring (bicyclic) bond motifs is 2. The molecule has 2 aromatic rings. The number of likely N-dealkylation sites (tertiary alicyclic amines) is 1. The molecule has 5 atom stereocenters. The lowest BCUT2D eigenvalue weighted by Crippen LogP contribution is -2.55. The van der Waals surface area contributed by atoms with Crippen molar-refractivity contribution in [1.29, 1.82) is 0 Å². The van der Waals surface area contributed by atoms with Crippen molar-refractivity contribution in [2.75, 3.05) is 25.5 Å². The number of aromatic nitrogens is 2. The summed E-state index contributed by atoms with van der Waals surface area (Å²) in [5.74, 6) is 0.958. The van der Waals surface area contributed by atoms with Gasteiger partial charge in [0.1, 0.15) is 17.7 Å². The fourth-order valence-electron chi connectivity index (χ4n) is 5.27. The number of alkyl halides is 1. The maximum atomic E-state index is 14.9. The Labute approximate surface area is 181 Å². The molecule has 5 rings (SSSR count). The smallest absolute Gasteiger partial charge is 0.223 e. The van der Waals surface area contributed by atoms with Gasteiger partial charge in [-0.05, 0) is 37.0 Å². The van der Waals surface area contributed by atoms with Gasteiger partial charge < -0.3 is 20.2 Å². The summed E-state index contributed by atoms with van der Waals surface area (Å²) in [6.45, 7) is 0.659. The van der Waals surface area contributed by atoms with Crippen LogP contribution in [0.3, 0.4) is 0 Å². The second-order valence-corrected chi connectivity index (χ2v) is 9.12. The van der Waals surface area contributed by atoms with E-state index in [9.17, 15) is 14.3 Å². The molecule has 164 valence electrons. The molecule has 2 bridgehead atoms. The molecule has 3 aliphatic rings. The topological polar surface area (TPSA) is 81.6 Å². The lowest BCUT2D eigenvalue weighted by molar-refractivity contribution is -0.126. The van der Waals surface area contributed by atoms with Crippen molar-refractivity contribution in [2.24, 2.45) is 0 Å². The number of nitrogens with zero attached hydrogens (tertiary/aromatic N) is 4. The molecular formula is C23H28FN5O2. The minimum Gasteiger partial charge on any atom is -0.507 e. The third-order valence-electron chi connectivity index (χ3n) is 7.16.